The van der Waals surface area contributed by atoms with Gasteiger partial charge in [0.15, 0.2) is 0 Å². The minimum atomic E-state index is -0.253. The van der Waals surface area contributed by atoms with Crippen molar-refractivity contribution in [1.29, 1.82) is 0 Å². The first kappa shape index (κ1) is 21.3. The van der Waals surface area contributed by atoms with Gasteiger partial charge in [-0.25, -0.2) is 0 Å². The number of carbonyl (C=O) groups is 2. The van der Waals surface area contributed by atoms with Gasteiger partial charge in [0.2, 0.25) is 5.91 Å². The maximum absolute atomic E-state index is 12.7. The second-order valence-corrected chi connectivity index (χ2v) is 9.70. The zero-order valence-corrected chi connectivity index (χ0v) is 19.1. The normalized spacial score (nSPS) is 16.2. The highest BCUT2D eigenvalue weighted by molar-refractivity contribution is 5.98. The molecule has 0 fully saturated rings. The number of carbonyl (C=O) groups excluding carboxylic acids is 2. The number of nitrogens with zero attached hydrogens (tertiary/aromatic N) is 2. The van der Waals surface area contributed by atoms with E-state index in [2.05, 4.69) is 35.1 Å². The van der Waals surface area contributed by atoms with Crippen molar-refractivity contribution in [3.63, 3.8) is 0 Å². The van der Waals surface area contributed by atoms with Crippen LogP contribution >= 0.6 is 0 Å². The molecule has 1 amide bonds. The van der Waals surface area contributed by atoms with Gasteiger partial charge in [0.05, 0.1) is 5.69 Å². The van der Waals surface area contributed by atoms with Crippen molar-refractivity contribution in [2.45, 2.75) is 59.8 Å². The maximum atomic E-state index is 12.7. The quantitative estimate of drug-likeness (QED) is 0.586. The highest BCUT2D eigenvalue weighted by Crippen LogP contribution is 2.38. The van der Waals surface area contributed by atoms with Crippen LogP contribution in [0.1, 0.15) is 58.2 Å². The third-order valence-electron chi connectivity index (χ3n) is 6.66. The number of Topliss-reactive ketones (excluding diaryl/α,β-unsaturated/α-hetero) is 1. The van der Waals surface area contributed by atoms with Gasteiger partial charge in [-0.15, -0.1) is 0 Å². The molecule has 1 atom stereocenters. The molecule has 1 aliphatic carbocycles. The fraction of sp³-hybridized carbons (Fsp3) is 0.480. The molecule has 2 aromatic heterocycles. The van der Waals surface area contributed by atoms with E-state index < -0.39 is 0 Å². The van der Waals surface area contributed by atoms with Crippen molar-refractivity contribution < 1.29 is 9.59 Å². The minimum Gasteiger partial charge on any atom is -0.353 e. The van der Waals surface area contributed by atoms with E-state index in [0.717, 1.165) is 47.2 Å². The van der Waals surface area contributed by atoms with E-state index in [9.17, 15) is 9.59 Å². The molecule has 4 rings (SSSR count). The average Bonchev–Trinajstić information content (AvgIpc) is 3.34. The van der Waals surface area contributed by atoms with Gasteiger partial charge in [-0.2, -0.15) is 5.10 Å². The molecule has 6 nitrogen and oxygen atoms in total. The zero-order valence-electron chi connectivity index (χ0n) is 19.1. The van der Waals surface area contributed by atoms with Crippen molar-refractivity contribution in [2.75, 3.05) is 11.9 Å². The maximum Gasteiger partial charge on any atom is 0.227 e. The lowest BCUT2D eigenvalue weighted by molar-refractivity contribution is -0.127. The molecule has 1 unspecified atom stereocenters. The molecule has 2 N–H and O–H groups in total. The van der Waals surface area contributed by atoms with Crippen LogP contribution in [0, 0.1) is 11.3 Å². The molecule has 0 spiro atoms. The van der Waals surface area contributed by atoms with E-state index in [1.807, 2.05) is 32.0 Å². The number of rotatable bonds is 6. The largest absolute Gasteiger partial charge is 0.353 e. The summed E-state index contributed by atoms with van der Waals surface area (Å²) < 4.78 is 0. The topological polar surface area (TPSA) is 81.8 Å². The highest BCUT2D eigenvalue weighted by atomic mass is 16.2. The molecule has 1 aliphatic rings. The molecule has 2 heterocycles. The lowest BCUT2D eigenvalue weighted by Gasteiger charge is -2.28. The summed E-state index contributed by atoms with van der Waals surface area (Å²) in [5.41, 5.74) is 6.65. The van der Waals surface area contributed by atoms with Crippen molar-refractivity contribution in [3.05, 3.63) is 35.5 Å². The summed E-state index contributed by atoms with van der Waals surface area (Å²) in [5, 5.41) is 8.96. The molecule has 0 saturated heterocycles. The van der Waals surface area contributed by atoms with Crippen LogP contribution in [0.5, 0.6) is 0 Å². The van der Waals surface area contributed by atoms with Gasteiger partial charge in [0.1, 0.15) is 11.5 Å². The first-order valence-corrected chi connectivity index (χ1v) is 11.2. The van der Waals surface area contributed by atoms with Crippen LogP contribution in [0.2, 0.25) is 0 Å². The number of H-pyrrole nitrogens is 2. The van der Waals surface area contributed by atoms with Crippen LogP contribution in [0.25, 0.3) is 22.3 Å². The molecule has 0 aliphatic heterocycles. The Hall–Kier alpha value is -2.89. The summed E-state index contributed by atoms with van der Waals surface area (Å²) >= 11 is 0. The van der Waals surface area contributed by atoms with Crippen LogP contribution in [-0.4, -0.2) is 33.9 Å². The molecular formula is C25H32N4O2. The van der Waals surface area contributed by atoms with Crippen molar-refractivity contribution >= 4 is 28.3 Å². The second-order valence-electron chi connectivity index (χ2n) is 9.70. The summed E-state index contributed by atoms with van der Waals surface area (Å²) in [4.78, 5) is 29.6. The number of fused-ring (bicyclic) bond motifs is 2. The number of anilines is 1. The van der Waals surface area contributed by atoms with Crippen LogP contribution < -0.4 is 4.90 Å². The number of aromatic nitrogens is 3. The van der Waals surface area contributed by atoms with Crippen LogP contribution in [0.4, 0.5) is 5.69 Å². The zero-order chi connectivity index (χ0) is 22.3. The fourth-order valence-electron chi connectivity index (χ4n) is 4.53. The Balaban J connectivity index is 1.58. The first-order valence-electron chi connectivity index (χ1n) is 11.2. The molecule has 3 aromatic rings. The lowest BCUT2D eigenvalue weighted by Crippen LogP contribution is -2.29. The smallest absolute Gasteiger partial charge is 0.227 e. The summed E-state index contributed by atoms with van der Waals surface area (Å²) in [5.74, 6) is -0.182. The predicted octanol–water partition coefficient (Wildman–Crippen LogP) is 5.04. The molecule has 164 valence electrons. The van der Waals surface area contributed by atoms with E-state index in [1.165, 1.54) is 11.3 Å². The molecule has 6 heteroatoms. The highest BCUT2D eigenvalue weighted by Gasteiger charge is 2.29. The summed E-state index contributed by atoms with van der Waals surface area (Å²) in [6.45, 7) is 8.26. The predicted molar refractivity (Wildman–Crippen MR) is 124 cm³/mol. The van der Waals surface area contributed by atoms with E-state index in [1.54, 1.807) is 11.9 Å². The lowest BCUT2D eigenvalue weighted by atomic mass is 9.76. The fourth-order valence-corrected chi connectivity index (χ4v) is 4.53. The Morgan fingerprint density at radius 1 is 1.26 bits per heavy atom. The molecule has 0 bridgehead atoms. The van der Waals surface area contributed by atoms with Gasteiger partial charge < -0.3 is 9.88 Å². The minimum absolute atomic E-state index is 0.0515. The number of aromatic amines is 2. The Kier molecular flexibility index (Phi) is 5.50. The van der Waals surface area contributed by atoms with E-state index in [0.29, 0.717) is 11.8 Å². The van der Waals surface area contributed by atoms with E-state index in [4.69, 9.17) is 0 Å². The number of hydrogen-bond donors (Lipinski definition) is 2. The molecule has 1 aromatic carbocycles. The van der Waals surface area contributed by atoms with Crippen molar-refractivity contribution in [3.8, 4) is 11.4 Å². The number of benzene rings is 1. The monoisotopic (exact) mass is 420 g/mol. The summed E-state index contributed by atoms with van der Waals surface area (Å²) in [6, 6.07) is 8.09. The van der Waals surface area contributed by atoms with Gasteiger partial charge >= 0.3 is 0 Å². The van der Waals surface area contributed by atoms with Gasteiger partial charge in [-0.05, 0) is 42.9 Å². The Labute approximate surface area is 183 Å². The van der Waals surface area contributed by atoms with Gasteiger partial charge in [0.25, 0.3) is 0 Å². The van der Waals surface area contributed by atoms with Gasteiger partial charge in [-0.3, -0.25) is 14.7 Å². The molecular weight excluding hydrogens is 388 g/mol. The third-order valence-corrected chi connectivity index (χ3v) is 6.66. The third kappa shape index (κ3) is 4.16. The van der Waals surface area contributed by atoms with Crippen LogP contribution in [-0.2, 0) is 22.4 Å². The standard InChI is InChI=1S/C25H32N4O2/c1-6-22(30)15(2)11-23(31)29(5)17-8-7-16-12-20(26-19(16)13-17)24-18-9-10-25(3,4)14-21(18)27-28-24/h7-8,12-13,15,26H,6,9-11,14H2,1-5H3,(H,27,28). The van der Waals surface area contributed by atoms with Gasteiger partial charge in [-0.1, -0.05) is 33.8 Å². The molecule has 0 radical (unpaired) electrons. The summed E-state index contributed by atoms with van der Waals surface area (Å²) in [6.07, 6.45) is 3.89. The molecule has 31 heavy (non-hydrogen) atoms. The van der Waals surface area contributed by atoms with E-state index in [-0.39, 0.29) is 24.0 Å². The Bertz CT molecular complexity index is 1140. The van der Waals surface area contributed by atoms with E-state index >= 15 is 0 Å². The van der Waals surface area contributed by atoms with Crippen molar-refractivity contribution in [1.82, 2.24) is 15.2 Å². The van der Waals surface area contributed by atoms with Crippen molar-refractivity contribution in [2.24, 2.45) is 11.3 Å². The summed E-state index contributed by atoms with van der Waals surface area (Å²) in [7, 11) is 1.77. The number of hydrogen-bond acceptors (Lipinski definition) is 3. The second kappa shape index (κ2) is 7.98. The Morgan fingerprint density at radius 3 is 2.77 bits per heavy atom. The number of nitrogens with one attached hydrogen (secondary N) is 2. The SMILES string of the molecule is CCC(=O)C(C)CC(=O)N(C)c1ccc2cc(-c3n[nH]c4c3CCC(C)(C)C4)[nH]c2c1. The average molecular weight is 421 g/mol. The van der Waals surface area contributed by atoms with Crippen LogP contribution in [0.3, 0.4) is 0 Å². The first-order chi connectivity index (χ1) is 14.7. The molecule has 0 saturated carbocycles. The number of amides is 1. The van der Waals surface area contributed by atoms with Crippen LogP contribution in [0.15, 0.2) is 24.3 Å². The van der Waals surface area contributed by atoms with Gasteiger partial charge in [0, 0.05) is 53.7 Å². The Morgan fingerprint density at radius 2 is 2.03 bits per heavy atom. The number of ketones is 1.